The van der Waals surface area contributed by atoms with Crippen molar-refractivity contribution in [1.29, 1.82) is 0 Å². The molecule has 2 aromatic rings. The van der Waals surface area contributed by atoms with Crippen LogP contribution in [0.5, 0.6) is 5.75 Å². The van der Waals surface area contributed by atoms with Gasteiger partial charge in [-0.3, -0.25) is 9.59 Å². The van der Waals surface area contributed by atoms with Crippen LogP contribution in [0.25, 0.3) is 0 Å². The number of fused-ring (bicyclic) bond motifs is 1. The maximum atomic E-state index is 12.5. The summed E-state index contributed by atoms with van der Waals surface area (Å²) in [7, 11) is 0. The standard InChI is InChI=1S/C21H21NO6/c1-3-26-12-13-27-21(25)14(2)28-16-10-8-15(9-11-16)22-19(23)17-6-4-5-7-18(17)20(22)24/h4-11,14H,3,12-13H2,1-2H3/t14-/m1/s1. The first-order chi connectivity index (χ1) is 13.5. The molecule has 0 aliphatic carbocycles. The Hall–Kier alpha value is -3.19. The van der Waals surface area contributed by atoms with Crippen molar-refractivity contribution in [1.82, 2.24) is 0 Å². The van der Waals surface area contributed by atoms with Crippen molar-refractivity contribution in [3.63, 3.8) is 0 Å². The number of rotatable bonds is 8. The summed E-state index contributed by atoms with van der Waals surface area (Å²) in [4.78, 5) is 38.0. The molecule has 1 heterocycles. The first kappa shape index (κ1) is 19.6. The molecule has 7 nitrogen and oxygen atoms in total. The molecule has 0 fully saturated rings. The molecule has 3 rings (SSSR count). The number of benzene rings is 2. The van der Waals surface area contributed by atoms with Gasteiger partial charge in [-0.2, -0.15) is 0 Å². The van der Waals surface area contributed by atoms with Gasteiger partial charge >= 0.3 is 5.97 Å². The van der Waals surface area contributed by atoms with Crippen LogP contribution in [-0.2, 0) is 14.3 Å². The Morgan fingerprint density at radius 3 is 2.14 bits per heavy atom. The number of hydrogen-bond acceptors (Lipinski definition) is 6. The van der Waals surface area contributed by atoms with Gasteiger partial charge in [-0.15, -0.1) is 0 Å². The largest absolute Gasteiger partial charge is 0.479 e. The Morgan fingerprint density at radius 2 is 1.57 bits per heavy atom. The zero-order valence-corrected chi connectivity index (χ0v) is 15.7. The van der Waals surface area contributed by atoms with Crippen molar-refractivity contribution in [2.75, 3.05) is 24.7 Å². The molecule has 2 aromatic carbocycles. The molecule has 0 saturated heterocycles. The molecule has 0 N–H and O–H groups in total. The number of nitrogens with zero attached hydrogens (tertiary/aromatic N) is 1. The zero-order chi connectivity index (χ0) is 20.1. The smallest absolute Gasteiger partial charge is 0.347 e. The highest BCUT2D eigenvalue weighted by molar-refractivity contribution is 6.34. The summed E-state index contributed by atoms with van der Waals surface area (Å²) in [5, 5.41) is 0. The quantitative estimate of drug-likeness (QED) is 0.396. The molecule has 7 heteroatoms. The Labute approximate surface area is 162 Å². The minimum Gasteiger partial charge on any atom is -0.479 e. The van der Waals surface area contributed by atoms with Crippen molar-refractivity contribution < 1.29 is 28.6 Å². The average Bonchev–Trinajstić information content (AvgIpc) is 2.96. The van der Waals surface area contributed by atoms with Gasteiger partial charge in [0, 0.05) is 6.61 Å². The summed E-state index contributed by atoms with van der Waals surface area (Å²) in [5.41, 5.74) is 1.21. The second-order valence-electron chi connectivity index (χ2n) is 6.11. The van der Waals surface area contributed by atoms with Gasteiger partial charge in [0.25, 0.3) is 11.8 Å². The molecule has 2 amide bonds. The van der Waals surface area contributed by atoms with E-state index in [0.29, 0.717) is 35.8 Å². The molecule has 146 valence electrons. The molecule has 0 aromatic heterocycles. The van der Waals surface area contributed by atoms with Crippen LogP contribution in [0.1, 0.15) is 34.6 Å². The van der Waals surface area contributed by atoms with Crippen LogP contribution in [0.4, 0.5) is 5.69 Å². The normalized spacial score (nSPS) is 14.0. The third-order valence-corrected chi connectivity index (χ3v) is 4.21. The van der Waals surface area contributed by atoms with Crippen molar-refractivity contribution in [2.45, 2.75) is 20.0 Å². The first-order valence-corrected chi connectivity index (χ1v) is 9.02. The van der Waals surface area contributed by atoms with Gasteiger partial charge in [0.05, 0.1) is 23.4 Å². The number of ether oxygens (including phenoxy) is 3. The summed E-state index contributed by atoms with van der Waals surface area (Å²) in [6.07, 6.45) is -0.799. The van der Waals surface area contributed by atoms with Gasteiger partial charge in [0.15, 0.2) is 6.10 Å². The van der Waals surface area contributed by atoms with Crippen LogP contribution in [0.15, 0.2) is 48.5 Å². The van der Waals surface area contributed by atoms with Crippen LogP contribution in [0, 0.1) is 0 Å². The number of imide groups is 1. The summed E-state index contributed by atoms with van der Waals surface area (Å²) < 4.78 is 15.7. The average molecular weight is 383 g/mol. The molecule has 1 atom stereocenters. The van der Waals surface area contributed by atoms with Gasteiger partial charge in [-0.1, -0.05) is 12.1 Å². The van der Waals surface area contributed by atoms with Crippen LogP contribution in [-0.4, -0.2) is 43.7 Å². The van der Waals surface area contributed by atoms with Gasteiger partial charge < -0.3 is 14.2 Å². The number of esters is 1. The van der Waals surface area contributed by atoms with Crippen LogP contribution < -0.4 is 9.64 Å². The van der Waals surface area contributed by atoms with E-state index in [-0.39, 0.29) is 18.4 Å². The van der Waals surface area contributed by atoms with Crippen molar-refractivity contribution >= 4 is 23.5 Å². The molecular formula is C21H21NO6. The van der Waals surface area contributed by atoms with Crippen LogP contribution in [0.3, 0.4) is 0 Å². The predicted octanol–water partition coefficient (Wildman–Crippen LogP) is 2.83. The Kier molecular flexibility index (Phi) is 6.06. The number of anilines is 1. The minimum atomic E-state index is -0.799. The van der Waals surface area contributed by atoms with E-state index >= 15 is 0 Å². The Bertz CT molecular complexity index is 842. The van der Waals surface area contributed by atoms with Crippen molar-refractivity contribution in [3.05, 3.63) is 59.7 Å². The summed E-state index contributed by atoms with van der Waals surface area (Å²) in [5.74, 6) is -0.792. The van der Waals surface area contributed by atoms with E-state index in [1.165, 1.54) is 0 Å². The van der Waals surface area contributed by atoms with Gasteiger partial charge in [-0.05, 0) is 50.2 Å². The summed E-state index contributed by atoms with van der Waals surface area (Å²) >= 11 is 0. The SMILES string of the molecule is CCOCCOC(=O)[C@@H](C)Oc1ccc(N2C(=O)c3ccccc3C2=O)cc1. The first-order valence-electron chi connectivity index (χ1n) is 9.02. The third-order valence-electron chi connectivity index (χ3n) is 4.21. The summed E-state index contributed by atoms with van der Waals surface area (Å²) in [6, 6.07) is 13.1. The van der Waals surface area contributed by atoms with E-state index in [0.717, 1.165) is 4.90 Å². The number of carbonyl (C=O) groups excluding carboxylic acids is 3. The lowest BCUT2D eigenvalue weighted by atomic mass is 10.1. The van der Waals surface area contributed by atoms with E-state index in [1.807, 2.05) is 6.92 Å². The lowest BCUT2D eigenvalue weighted by molar-refractivity contribution is -0.152. The second kappa shape index (κ2) is 8.67. The van der Waals surface area contributed by atoms with E-state index in [1.54, 1.807) is 55.5 Å². The molecule has 0 spiro atoms. The topological polar surface area (TPSA) is 82.1 Å². The van der Waals surface area contributed by atoms with E-state index in [2.05, 4.69) is 0 Å². The van der Waals surface area contributed by atoms with Crippen LogP contribution in [0.2, 0.25) is 0 Å². The van der Waals surface area contributed by atoms with Crippen molar-refractivity contribution in [3.8, 4) is 5.75 Å². The lowest BCUT2D eigenvalue weighted by Crippen LogP contribution is -2.29. The number of hydrogen-bond donors (Lipinski definition) is 0. The highest BCUT2D eigenvalue weighted by Crippen LogP contribution is 2.29. The molecule has 0 unspecified atom stereocenters. The predicted molar refractivity (Wildman–Crippen MR) is 102 cm³/mol. The maximum Gasteiger partial charge on any atom is 0.347 e. The molecule has 0 radical (unpaired) electrons. The summed E-state index contributed by atoms with van der Waals surface area (Å²) in [6.45, 7) is 4.51. The minimum absolute atomic E-state index is 0.166. The maximum absolute atomic E-state index is 12.5. The van der Waals surface area contributed by atoms with Gasteiger partial charge in [0.2, 0.25) is 0 Å². The van der Waals surface area contributed by atoms with Gasteiger partial charge in [-0.25, -0.2) is 9.69 Å². The highest BCUT2D eigenvalue weighted by Gasteiger charge is 2.36. The molecule has 0 saturated carbocycles. The van der Waals surface area contributed by atoms with Crippen LogP contribution >= 0.6 is 0 Å². The number of carbonyl (C=O) groups is 3. The molecule has 1 aliphatic rings. The van der Waals surface area contributed by atoms with Crippen molar-refractivity contribution in [2.24, 2.45) is 0 Å². The van der Waals surface area contributed by atoms with E-state index in [9.17, 15) is 14.4 Å². The number of amides is 2. The molecule has 1 aliphatic heterocycles. The Morgan fingerprint density at radius 1 is 0.964 bits per heavy atom. The highest BCUT2D eigenvalue weighted by atomic mass is 16.6. The fourth-order valence-corrected chi connectivity index (χ4v) is 2.81. The fourth-order valence-electron chi connectivity index (χ4n) is 2.81. The van der Waals surface area contributed by atoms with E-state index < -0.39 is 12.1 Å². The molecule has 0 bridgehead atoms. The lowest BCUT2D eigenvalue weighted by Gasteiger charge is -2.16. The third kappa shape index (κ3) is 4.04. The fraction of sp³-hybridized carbons (Fsp3) is 0.286. The van der Waals surface area contributed by atoms with E-state index in [4.69, 9.17) is 14.2 Å². The second-order valence-corrected chi connectivity index (χ2v) is 6.11. The van der Waals surface area contributed by atoms with Gasteiger partial charge in [0.1, 0.15) is 12.4 Å². The molecule has 28 heavy (non-hydrogen) atoms. The molecular weight excluding hydrogens is 362 g/mol. The zero-order valence-electron chi connectivity index (χ0n) is 15.7. The monoisotopic (exact) mass is 383 g/mol. The Balaban J connectivity index is 1.62.